The Balaban J connectivity index is 2.75. The molecule has 0 spiro atoms. The molecule has 0 bridgehead atoms. The minimum atomic E-state index is -1.52. The van der Waals surface area contributed by atoms with Gasteiger partial charge in [0.25, 0.3) is 0 Å². The van der Waals surface area contributed by atoms with E-state index in [2.05, 4.69) is 52.1 Å². The third-order valence-corrected chi connectivity index (χ3v) is 5.40. The molecule has 1 aromatic rings. The second-order valence-corrected chi connectivity index (χ2v) is 9.39. The van der Waals surface area contributed by atoms with Gasteiger partial charge in [-0.15, -0.1) is 0 Å². The summed E-state index contributed by atoms with van der Waals surface area (Å²) in [5, 5.41) is 0. The van der Waals surface area contributed by atoms with Gasteiger partial charge >= 0.3 is 0 Å². The monoisotopic (exact) mass is 236 g/mol. The molecule has 0 N–H and O–H groups in total. The highest BCUT2D eigenvalue weighted by molar-refractivity contribution is 6.71. The van der Waals surface area contributed by atoms with E-state index in [0.717, 1.165) is 5.75 Å². The molecule has 0 saturated heterocycles. The maximum Gasteiger partial charge on any atom is 0.245 e. The number of rotatable bonds is 5. The average molecular weight is 236 g/mol. The van der Waals surface area contributed by atoms with Crippen molar-refractivity contribution < 1.29 is 4.43 Å². The first-order valence-corrected chi connectivity index (χ1v) is 9.33. The minimum absolute atomic E-state index is 1.09. The summed E-state index contributed by atoms with van der Waals surface area (Å²) in [7, 11) is -1.52. The number of aryl methyl sites for hydroxylation is 1. The molecule has 0 heterocycles. The lowest BCUT2D eigenvalue weighted by molar-refractivity contribution is 0.537. The van der Waals surface area contributed by atoms with E-state index in [1.54, 1.807) is 0 Å². The van der Waals surface area contributed by atoms with Gasteiger partial charge in [-0.2, -0.15) is 0 Å². The van der Waals surface area contributed by atoms with E-state index in [9.17, 15) is 0 Å². The van der Waals surface area contributed by atoms with Crippen LogP contribution in [0, 0.1) is 13.8 Å². The molecule has 0 aliphatic rings. The highest BCUT2D eigenvalue weighted by Gasteiger charge is 2.24. The average Bonchev–Trinajstić information content (AvgIpc) is 2.22. The SMILES string of the molecule is CCCC[Si](C)(C)Oc1cccc(C)c1C. The highest BCUT2D eigenvalue weighted by Crippen LogP contribution is 2.25. The lowest BCUT2D eigenvalue weighted by Gasteiger charge is -2.25. The summed E-state index contributed by atoms with van der Waals surface area (Å²) in [6.07, 6.45) is 2.54. The van der Waals surface area contributed by atoms with Crippen molar-refractivity contribution in [2.75, 3.05) is 0 Å². The predicted molar refractivity (Wildman–Crippen MR) is 73.7 cm³/mol. The first kappa shape index (κ1) is 13.3. The molecule has 16 heavy (non-hydrogen) atoms. The maximum atomic E-state index is 6.25. The standard InChI is InChI=1S/C14H24OSi/c1-6-7-11-16(4,5)15-14-10-8-9-12(2)13(14)3/h8-10H,6-7,11H2,1-5H3. The van der Waals surface area contributed by atoms with Gasteiger partial charge in [-0.05, 0) is 50.2 Å². The van der Waals surface area contributed by atoms with Crippen molar-refractivity contribution in [3.05, 3.63) is 29.3 Å². The smallest absolute Gasteiger partial charge is 0.245 e. The first-order chi connectivity index (χ1) is 7.46. The Kier molecular flexibility index (Phi) is 4.60. The van der Waals surface area contributed by atoms with Crippen LogP contribution in [-0.2, 0) is 0 Å². The molecule has 0 amide bonds. The number of hydrogen-bond acceptors (Lipinski definition) is 1. The van der Waals surface area contributed by atoms with Crippen molar-refractivity contribution in [2.24, 2.45) is 0 Å². The Morgan fingerprint density at radius 2 is 1.88 bits per heavy atom. The van der Waals surface area contributed by atoms with Gasteiger partial charge in [0.1, 0.15) is 5.75 Å². The zero-order chi connectivity index (χ0) is 12.2. The van der Waals surface area contributed by atoms with Crippen LogP contribution in [0.25, 0.3) is 0 Å². The van der Waals surface area contributed by atoms with Gasteiger partial charge in [0.05, 0.1) is 0 Å². The number of unbranched alkanes of at least 4 members (excludes halogenated alkanes) is 1. The molecule has 1 nitrogen and oxygen atoms in total. The van der Waals surface area contributed by atoms with Gasteiger partial charge < -0.3 is 4.43 Å². The second kappa shape index (κ2) is 5.53. The first-order valence-electron chi connectivity index (χ1n) is 6.21. The third-order valence-electron chi connectivity index (χ3n) is 3.07. The van der Waals surface area contributed by atoms with Gasteiger partial charge in [-0.3, -0.25) is 0 Å². The van der Waals surface area contributed by atoms with Crippen molar-refractivity contribution in [3.8, 4) is 5.75 Å². The van der Waals surface area contributed by atoms with Crippen LogP contribution in [0.4, 0.5) is 0 Å². The quantitative estimate of drug-likeness (QED) is 0.674. The molecule has 90 valence electrons. The zero-order valence-electron chi connectivity index (χ0n) is 11.3. The normalized spacial score (nSPS) is 11.6. The van der Waals surface area contributed by atoms with E-state index in [4.69, 9.17) is 4.43 Å². The van der Waals surface area contributed by atoms with Crippen LogP contribution >= 0.6 is 0 Å². The van der Waals surface area contributed by atoms with Crippen LogP contribution in [0.5, 0.6) is 5.75 Å². The van der Waals surface area contributed by atoms with E-state index in [1.165, 1.54) is 30.0 Å². The van der Waals surface area contributed by atoms with Gasteiger partial charge in [0.2, 0.25) is 8.32 Å². The van der Waals surface area contributed by atoms with E-state index in [1.807, 2.05) is 0 Å². The van der Waals surface area contributed by atoms with Gasteiger partial charge in [-0.25, -0.2) is 0 Å². The van der Waals surface area contributed by atoms with Crippen molar-refractivity contribution >= 4 is 8.32 Å². The Morgan fingerprint density at radius 1 is 1.19 bits per heavy atom. The molecule has 1 aromatic carbocycles. The van der Waals surface area contributed by atoms with Crippen LogP contribution in [0.3, 0.4) is 0 Å². The van der Waals surface area contributed by atoms with Gasteiger partial charge in [-0.1, -0.05) is 31.9 Å². The maximum absolute atomic E-state index is 6.25. The lowest BCUT2D eigenvalue weighted by Crippen LogP contribution is -2.34. The fourth-order valence-electron chi connectivity index (χ4n) is 1.79. The third kappa shape index (κ3) is 3.67. The van der Waals surface area contributed by atoms with Crippen LogP contribution < -0.4 is 4.43 Å². The van der Waals surface area contributed by atoms with Crippen LogP contribution in [0.1, 0.15) is 30.9 Å². The summed E-state index contributed by atoms with van der Waals surface area (Å²) in [6, 6.07) is 7.57. The van der Waals surface area contributed by atoms with E-state index in [-0.39, 0.29) is 0 Å². The Hall–Kier alpha value is -0.763. The highest BCUT2D eigenvalue weighted by atomic mass is 28.4. The predicted octanol–water partition coefficient (Wildman–Crippen LogP) is 4.69. The van der Waals surface area contributed by atoms with Gasteiger partial charge in [0.15, 0.2) is 0 Å². The van der Waals surface area contributed by atoms with Gasteiger partial charge in [0, 0.05) is 0 Å². The van der Waals surface area contributed by atoms with Crippen molar-refractivity contribution in [1.29, 1.82) is 0 Å². The summed E-state index contributed by atoms with van der Waals surface area (Å²) in [6.45, 7) is 11.1. The summed E-state index contributed by atoms with van der Waals surface area (Å²) < 4.78 is 6.25. The topological polar surface area (TPSA) is 9.23 Å². The fourth-order valence-corrected chi connectivity index (χ4v) is 3.91. The fraction of sp³-hybridized carbons (Fsp3) is 0.571. The molecule has 0 saturated carbocycles. The number of benzene rings is 1. The molecular weight excluding hydrogens is 212 g/mol. The van der Waals surface area contributed by atoms with Crippen molar-refractivity contribution in [3.63, 3.8) is 0 Å². The second-order valence-electron chi connectivity index (χ2n) is 5.16. The summed E-state index contributed by atoms with van der Waals surface area (Å²) in [4.78, 5) is 0. The Bertz CT molecular complexity index is 345. The van der Waals surface area contributed by atoms with Crippen LogP contribution in [0.2, 0.25) is 19.1 Å². The van der Waals surface area contributed by atoms with Crippen molar-refractivity contribution in [1.82, 2.24) is 0 Å². The van der Waals surface area contributed by atoms with Crippen LogP contribution in [-0.4, -0.2) is 8.32 Å². The summed E-state index contributed by atoms with van der Waals surface area (Å²) in [5.41, 5.74) is 2.61. The van der Waals surface area contributed by atoms with Crippen molar-refractivity contribution in [2.45, 2.75) is 52.8 Å². The van der Waals surface area contributed by atoms with E-state index in [0.29, 0.717) is 0 Å². The molecule has 0 unspecified atom stereocenters. The summed E-state index contributed by atoms with van der Waals surface area (Å²) >= 11 is 0. The minimum Gasteiger partial charge on any atom is -0.544 e. The van der Waals surface area contributed by atoms with E-state index >= 15 is 0 Å². The molecule has 0 radical (unpaired) electrons. The summed E-state index contributed by atoms with van der Waals surface area (Å²) in [5.74, 6) is 1.09. The zero-order valence-corrected chi connectivity index (χ0v) is 12.3. The molecule has 0 fully saturated rings. The molecule has 0 aromatic heterocycles. The van der Waals surface area contributed by atoms with Crippen LogP contribution in [0.15, 0.2) is 18.2 Å². The molecule has 1 rings (SSSR count). The lowest BCUT2D eigenvalue weighted by atomic mass is 10.1. The Labute approximate surface area is 101 Å². The molecule has 0 aliphatic carbocycles. The van der Waals surface area contributed by atoms with E-state index < -0.39 is 8.32 Å². The molecule has 0 aliphatic heterocycles. The molecule has 0 atom stereocenters. The largest absolute Gasteiger partial charge is 0.544 e. The number of hydrogen-bond donors (Lipinski definition) is 0. The molecule has 2 heteroatoms. The molecular formula is C14H24OSi. The Morgan fingerprint density at radius 3 is 2.50 bits per heavy atom.